The van der Waals surface area contributed by atoms with Crippen LogP contribution in [0.5, 0.6) is 11.5 Å². The SMILES string of the molecule is COc1ccc(OC)c(N(CC(=O)Nc2ccc3c(c2)oc2ccccc23)S(C)(=O)=O)c1. The highest BCUT2D eigenvalue weighted by Crippen LogP contribution is 2.34. The monoisotopic (exact) mass is 454 g/mol. The second kappa shape index (κ2) is 8.43. The Labute approximate surface area is 185 Å². The Bertz CT molecular complexity index is 1410. The highest BCUT2D eigenvalue weighted by molar-refractivity contribution is 7.92. The lowest BCUT2D eigenvalue weighted by Crippen LogP contribution is -2.37. The van der Waals surface area contributed by atoms with Gasteiger partial charge in [0.25, 0.3) is 0 Å². The number of benzene rings is 3. The van der Waals surface area contributed by atoms with Gasteiger partial charge >= 0.3 is 0 Å². The number of para-hydroxylation sites is 1. The molecular formula is C23H22N2O6S. The van der Waals surface area contributed by atoms with Crippen LogP contribution in [0, 0.1) is 0 Å². The zero-order chi connectivity index (χ0) is 22.9. The lowest BCUT2D eigenvalue weighted by molar-refractivity contribution is -0.114. The van der Waals surface area contributed by atoms with Crippen LogP contribution in [-0.2, 0) is 14.8 Å². The summed E-state index contributed by atoms with van der Waals surface area (Å²) in [6.45, 7) is -0.444. The summed E-state index contributed by atoms with van der Waals surface area (Å²) >= 11 is 0. The molecule has 0 spiro atoms. The number of furan rings is 1. The van der Waals surface area contributed by atoms with Gasteiger partial charge in [-0.15, -0.1) is 0 Å². The molecule has 0 bridgehead atoms. The summed E-state index contributed by atoms with van der Waals surface area (Å²) in [6.07, 6.45) is 1.03. The summed E-state index contributed by atoms with van der Waals surface area (Å²) in [5.74, 6) is 0.216. The van der Waals surface area contributed by atoms with Crippen molar-refractivity contribution in [2.45, 2.75) is 0 Å². The molecule has 0 aliphatic rings. The van der Waals surface area contributed by atoms with E-state index in [1.54, 1.807) is 24.3 Å². The van der Waals surface area contributed by atoms with Gasteiger partial charge < -0.3 is 19.2 Å². The predicted octanol–water partition coefficient (Wildman–Crippen LogP) is 4.01. The number of amides is 1. The number of ether oxygens (including phenoxy) is 2. The molecule has 0 atom stereocenters. The molecule has 0 saturated heterocycles. The number of hydrogen-bond acceptors (Lipinski definition) is 6. The number of nitrogens with one attached hydrogen (secondary N) is 1. The van der Waals surface area contributed by atoms with Crippen LogP contribution in [0.25, 0.3) is 21.9 Å². The quantitative estimate of drug-likeness (QED) is 0.453. The van der Waals surface area contributed by atoms with Gasteiger partial charge in [0.1, 0.15) is 29.2 Å². The summed E-state index contributed by atoms with van der Waals surface area (Å²) < 4.78 is 42.3. The molecule has 3 aromatic carbocycles. The van der Waals surface area contributed by atoms with Gasteiger partial charge in [0.15, 0.2) is 0 Å². The lowest BCUT2D eigenvalue weighted by atomic mass is 10.1. The van der Waals surface area contributed by atoms with Gasteiger partial charge in [0, 0.05) is 28.6 Å². The standard InChI is InChI=1S/C23H22N2O6S/c1-29-16-9-11-21(30-2)19(13-16)25(32(3,27)28)14-23(26)24-15-8-10-18-17-6-4-5-7-20(17)31-22(18)12-15/h4-13H,14H2,1-3H3,(H,24,26). The maximum Gasteiger partial charge on any atom is 0.245 e. The van der Waals surface area contributed by atoms with E-state index in [1.807, 2.05) is 30.3 Å². The van der Waals surface area contributed by atoms with Gasteiger partial charge in [-0.1, -0.05) is 18.2 Å². The molecule has 9 heteroatoms. The first-order valence-electron chi connectivity index (χ1n) is 9.71. The minimum absolute atomic E-state index is 0.206. The van der Waals surface area contributed by atoms with Crippen molar-refractivity contribution in [1.82, 2.24) is 0 Å². The van der Waals surface area contributed by atoms with Crippen LogP contribution < -0.4 is 19.1 Å². The molecule has 4 rings (SSSR count). The van der Waals surface area contributed by atoms with Crippen molar-refractivity contribution < 1.29 is 27.1 Å². The van der Waals surface area contributed by atoms with Crippen molar-refractivity contribution in [3.05, 3.63) is 60.7 Å². The largest absolute Gasteiger partial charge is 0.497 e. The molecule has 0 aliphatic heterocycles. The van der Waals surface area contributed by atoms with E-state index in [-0.39, 0.29) is 5.69 Å². The topological polar surface area (TPSA) is 98.1 Å². The van der Waals surface area contributed by atoms with Crippen molar-refractivity contribution in [1.29, 1.82) is 0 Å². The van der Waals surface area contributed by atoms with E-state index in [2.05, 4.69) is 5.32 Å². The molecule has 1 amide bonds. The van der Waals surface area contributed by atoms with E-state index < -0.39 is 22.5 Å². The fourth-order valence-corrected chi connectivity index (χ4v) is 4.36. The number of fused-ring (bicyclic) bond motifs is 3. The molecule has 166 valence electrons. The molecular weight excluding hydrogens is 432 g/mol. The van der Waals surface area contributed by atoms with Crippen molar-refractivity contribution in [2.24, 2.45) is 0 Å². The molecule has 1 aromatic heterocycles. The number of methoxy groups -OCH3 is 2. The Morgan fingerprint density at radius 2 is 1.72 bits per heavy atom. The average Bonchev–Trinajstić information content (AvgIpc) is 3.14. The van der Waals surface area contributed by atoms with Crippen LogP contribution in [0.2, 0.25) is 0 Å². The van der Waals surface area contributed by atoms with Crippen LogP contribution in [0.3, 0.4) is 0 Å². The van der Waals surface area contributed by atoms with Crippen molar-refractivity contribution in [3.63, 3.8) is 0 Å². The van der Waals surface area contributed by atoms with E-state index in [0.717, 1.165) is 26.9 Å². The van der Waals surface area contributed by atoms with Crippen LogP contribution in [0.15, 0.2) is 65.1 Å². The van der Waals surface area contributed by atoms with Gasteiger partial charge in [-0.25, -0.2) is 8.42 Å². The zero-order valence-corrected chi connectivity index (χ0v) is 18.6. The lowest BCUT2D eigenvalue weighted by Gasteiger charge is -2.24. The Morgan fingerprint density at radius 3 is 2.44 bits per heavy atom. The van der Waals surface area contributed by atoms with Gasteiger partial charge in [-0.2, -0.15) is 0 Å². The Kier molecular flexibility index (Phi) is 5.67. The summed E-state index contributed by atoms with van der Waals surface area (Å²) in [5, 5.41) is 4.65. The van der Waals surface area contributed by atoms with Gasteiger partial charge in [0.05, 0.1) is 26.2 Å². The first-order valence-corrected chi connectivity index (χ1v) is 11.6. The van der Waals surface area contributed by atoms with Crippen molar-refractivity contribution in [3.8, 4) is 11.5 Å². The third kappa shape index (κ3) is 4.19. The van der Waals surface area contributed by atoms with Gasteiger partial charge in [0.2, 0.25) is 15.9 Å². The fourth-order valence-electron chi connectivity index (χ4n) is 3.51. The minimum Gasteiger partial charge on any atom is -0.497 e. The number of anilines is 2. The fraction of sp³-hybridized carbons (Fsp3) is 0.174. The second-order valence-electron chi connectivity index (χ2n) is 7.16. The molecule has 4 aromatic rings. The number of carbonyl (C=O) groups excluding carboxylic acids is 1. The summed E-state index contributed by atoms with van der Waals surface area (Å²) in [5.41, 5.74) is 2.07. The number of rotatable bonds is 7. The first kappa shape index (κ1) is 21.5. The van der Waals surface area contributed by atoms with Crippen molar-refractivity contribution in [2.75, 3.05) is 36.6 Å². The predicted molar refractivity (Wildman–Crippen MR) is 124 cm³/mol. The Balaban J connectivity index is 1.62. The highest BCUT2D eigenvalue weighted by atomic mass is 32.2. The van der Waals surface area contributed by atoms with Crippen molar-refractivity contribution >= 4 is 49.2 Å². The van der Waals surface area contributed by atoms with Crippen LogP contribution in [0.4, 0.5) is 11.4 Å². The summed E-state index contributed by atoms with van der Waals surface area (Å²) in [7, 11) is -0.902. The molecule has 0 aliphatic carbocycles. The summed E-state index contributed by atoms with van der Waals surface area (Å²) in [4.78, 5) is 12.8. The second-order valence-corrected chi connectivity index (χ2v) is 9.07. The molecule has 1 heterocycles. The third-order valence-corrected chi connectivity index (χ3v) is 6.13. The van der Waals surface area contributed by atoms with Gasteiger partial charge in [-0.05, 0) is 30.3 Å². The molecule has 32 heavy (non-hydrogen) atoms. The Hall–Kier alpha value is -3.72. The van der Waals surface area contributed by atoms with E-state index in [4.69, 9.17) is 13.9 Å². The smallest absolute Gasteiger partial charge is 0.245 e. The number of carbonyl (C=O) groups is 1. The first-order chi connectivity index (χ1) is 15.3. The highest BCUT2D eigenvalue weighted by Gasteiger charge is 2.25. The number of nitrogens with zero attached hydrogens (tertiary/aromatic N) is 1. The molecule has 0 saturated carbocycles. The number of sulfonamides is 1. The Morgan fingerprint density at radius 1 is 0.969 bits per heavy atom. The van der Waals surface area contributed by atoms with E-state index in [1.165, 1.54) is 20.3 Å². The maximum absolute atomic E-state index is 12.8. The maximum atomic E-state index is 12.8. The van der Waals surface area contributed by atoms with E-state index >= 15 is 0 Å². The summed E-state index contributed by atoms with van der Waals surface area (Å²) in [6, 6.07) is 17.7. The molecule has 1 N–H and O–H groups in total. The van der Waals surface area contributed by atoms with E-state index in [0.29, 0.717) is 22.8 Å². The third-order valence-electron chi connectivity index (χ3n) is 5.00. The van der Waals surface area contributed by atoms with E-state index in [9.17, 15) is 13.2 Å². The normalized spacial score (nSPS) is 11.5. The molecule has 0 unspecified atom stereocenters. The van der Waals surface area contributed by atoms with Gasteiger partial charge in [-0.3, -0.25) is 9.10 Å². The molecule has 0 radical (unpaired) electrons. The minimum atomic E-state index is -3.80. The average molecular weight is 455 g/mol. The number of hydrogen-bond donors (Lipinski definition) is 1. The molecule has 8 nitrogen and oxygen atoms in total. The van der Waals surface area contributed by atoms with Crippen LogP contribution >= 0.6 is 0 Å². The van der Waals surface area contributed by atoms with Crippen LogP contribution in [0.1, 0.15) is 0 Å². The van der Waals surface area contributed by atoms with Crippen LogP contribution in [-0.4, -0.2) is 41.3 Å². The zero-order valence-electron chi connectivity index (χ0n) is 17.8. The molecule has 0 fully saturated rings.